The van der Waals surface area contributed by atoms with Crippen LogP contribution < -0.4 is 5.11 Å². The summed E-state index contributed by atoms with van der Waals surface area (Å²) in [5.74, 6) is 0. The molecular weight excluding hydrogens is 239 g/mol. The number of carbonyl (C=O) groups is 1. The summed E-state index contributed by atoms with van der Waals surface area (Å²) in [5, 5.41) is 15.3. The molecule has 0 amide bonds. The number of hydrogen-bond acceptors (Lipinski definition) is 2. The van der Waals surface area contributed by atoms with Gasteiger partial charge in [-0.3, -0.25) is 4.91 Å². The van der Waals surface area contributed by atoms with Crippen LogP contribution in [0.3, 0.4) is 0 Å². The van der Waals surface area contributed by atoms with Crippen molar-refractivity contribution in [3.8, 4) is 0 Å². The molecule has 0 heterocycles. The predicted octanol–water partition coefficient (Wildman–Crippen LogP) is -0.627. The second-order valence-electron chi connectivity index (χ2n) is 0.355. The fourth-order valence-corrected chi connectivity index (χ4v) is 0. The van der Waals surface area contributed by atoms with Crippen LogP contribution in [0.5, 0.6) is 0 Å². The van der Waals surface area contributed by atoms with Gasteiger partial charge in [0, 0.05) is 0 Å². The molecule has 0 radical (unpaired) electrons. The van der Waals surface area contributed by atoms with E-state index in [4.69, 9.17) is 26.1 Å². The van der Waals surface area contributed by atoms with Gasteiger partial charge in [-0.2, -0.15) is 0 Å². The molecule has 8 heavy (non-hydrogen) atoms. The monoisotopic (exact) mass is 241 g/mol. The Kier molecular flexibility index (Phi) is 30.8. The molecule has 0 aromatic carbocycles. The topological polar surface area (TPSA) is 119 Å². The molecule has 0 atom stereocenters. The van der Waals surface area contributed by atoms with Gasteiger partial charge in [0.15, 0.2) is 0 Å². The minimum absolute atomic E-state index is 0. The third-order valence-corrected chi connectivity index (χ3v) is 0. The van der Waals surface area contributed by atoms with Crippen LogP contribution in [-0.4, -0.2) is 60.1 Å². The quantitative estimate of drug-likeness (QED) is 0.263. The third-order valence-electron chi connectivity index (χ3n) is 0. The van der Waals surface area contributed by atoms with Gasteiger partial charge in [-0.1, -0.05) is 0 Å². The van der Waals surface area contributed by atoms with E-state index >= 15 is 0 Å². The fourth-order valence-electron chi connectivity index (χ4n) is 0. The van der Waals surface area contributed by atoms with E-state index in [1.807, 2.05) is 0 Å². The first-order valence-corrected chi connectivity index (χ1v) is 1.03. The summed E-state index contributed by atoms with van der Waals surface area (Å²) in [5.41, 5.74) is 13.5. The van der Waals surface area contributed by atoms with E-state index in [9.17, 15) is 0 Å². The average molecular weight is 240 g/mol. The maximum absolute atomic E-state index is 8.44. The Morgan fingerprint density at radius 3 is 1.62 bits per heavy atom. The van der Waals surface area contributed by atoms with Crippen molar-refractivity contribution in [3.05, 3.63) is 16.0 Å². The fraction of sp³-hybridized carbons (Fsp3) is 0. The molecule has 0 unspecified atom stereocenters. The summed E-state index contributed by atoms with van der Waals surface area (Å²) in [6.45, 7) is 0. The Morgan fingerprint density at radius 2 is 1.62 bits per heavy atom. The van der Waals surface area contributed by atoms with Crippen molar-refractivity contribution < 1.29 is 15.0 Å². The molecule has 0 spiro atoms. The Labute approximate surface area is 85.0 Å². The van der Waals surface area contributed by atoms with Crippen molar-refractivity contribution >= 4 is 55.0 Å². The summed E-state index contributed by atoms with van der Waals surface area (Å²) in [6, 6.07) is 0. The van der Waals surface area contributed by atoms with Crippen LogP contribution in [-0.2, 0) is 0 Å². The summed E-state index contributed by atoms with van der Waals surface area (Å²) >= 11 is 0. The summed E-state index contributed by atoms with van der Waals surface area (Å²) < 4.78 is 0. The maximum Gasteiger partial charge on any atom is 2.00 e. The molecule has 0 aliphatic rings. The summed E-state index contributed by atoms with van der Waals surface area (Å²) in [4.78, 5) is 9.94. The molecule has 0 saturated carbocycles. The molecule has 6 nitrogen and oxygen atoms in total. The van der Waals surface area contributed by atoms with Crippen LogP contribution >= 0.6 is 0 Å². The molecule has 0 aromatic heterocycles. The van der Waals surface area contributed by atoms with Crippen LogP contribution in [0.25, 0.3) is 16.0 Å². The number of rotatable bonds is 0. The zero-order valence-electron chi connectivity index (χ0n) is 3.81. The minimum atomic E-state index is -2.08. The Morgan fingerprint density at radius 1 is 1.62 bits per heavy atom. The van der Waals surface area contributed by atoms with Gasteiger partial charge in [0.1, 0.15) is 0 Å². The Hall–Kier alpha value is 0.151. The molecule has 0 rings (SSSR count). The van der Waals surface area contributed by atoms with Crippen molar-refractivity contribution in [3.63, 3.8) is 0 Å². The van der Waals surface area contributed by atoms with E-state index in [0.717, 1.165) is 0 Å². The predicted molar refractivity (Wildman–Crippen MR) is 23.9 cm³/mol. The molecule has 0 saturated heterocycles. The smallest absolute Gasteiger partial charge is 0.565 e. The van der Waals surface area contributed by atoms with Crippen molar-refractivity contribution in [2.45, 2.75) is 0 Å². The molecule has 40 valence electrons. The van der Waals surface area contributed by atoms with Crippen molar-refractivity contribution in [1.82, 2.24) is 0 Å². The zero-order chi connectivity index (χ0) is 6.28. The maximum atomic E-state index is 8.44. The number of hydrogen-bond donors (Lipinski definition) is 1. The van der Waals surface area contributed by atoms with Gasteiger partial charge in [-0.15, -0.1) is 0 Å². The molecule has 7 heteroatoms. The normalized spacial score (nSPS) is 4.00. The van der Waals surface area contributed by atoms with Gasteiger partial charge < -0.3 is 26.1 Å². The van der Waals surface area contributed by atoms with Crippen molar-refractivity contribution in [1.29, 1.82) is 0 Å². The Bertz CT molecular complexity index is 82.5. The van der Waals surface area contributed by atoms with E-state index in [-0.39, 0.29) is 48.9 Å². The van der Waals surface area contributed by atoms with Crippen LogP contribution in [0.2, 0.25) is 0 Å². The molecule has 0 aliphatic carbocycles. The van der Waals surface area contributed by atoms with Gasteiger partial charge in [0.2, 0.25) is 6.16 Å². The van der Waals surface area contributed by atoms with Gasteiger partial charge in [-0.25, -0.2) is 0 Å². The van der Waals surface area contributed by atoms with E-state index in [0.29, 0.717) is 0 Å². The van der Waals surface area contributed by atoms with E-state index < -0.39 is 6.16 Å². The minimum Gasteiger partial charge on any atom is -0.565 e. The molecule has 0 aliphatic heterocycles. The van der Waals surface area contributed by atoms with Gasteiger partial charge in [0.25, 0.3) is 0 Å². The largest absolute Gasteiger partial charge is 2.00 e. The van der Waals surface area contributed by atoms with Crippen molar-refractivity contribution in [2.24, 2.45) is 0 Å². The van der Waals surface area contributed by atoms with Gasteiger partial charge in [0.05, 0.1) is 0 Å². The van der Waals surface area contributed by atoms with E-state index in [1.54, 1.807) is 0 Å². The molecule has 1 N–H and O–H groups in total. The van der Waals surface area contributed by atoms with Crippen LogP contribution in [0.4, 0.5) is 4.79 Å². The first kappa shape index (κ1) is 15.7. The average Bonchev–Trinajstić information content (AvgIpc) is 1.33. The molecule has 0 fully saturated rings. The first-order chi connectivity index (χ1) is 3.15. The second-order valence-corrected chi connectivity index (χ2v) is 0.355. The Balaban J connectivity index is -0.0000000575. The second kappa shape index (κ2) is 15.7. The zero-order valence-corrected chi connectivity index (χ0v) is 8.25. The number of nitrogens with zero attached hydrogens (tertiary/aromatic N) is 3. The molecule has 0 bridgehead atoms. The van der Waals surface area contributed by atoms with Crippen LogP contribution in [0.1, 0.15) is 0 Å². The first-order valence-electron chi connectivity index (χ1n) is 1.03. The van der Waals surface area contributed by atoms with E-state index in [2.05, 4.69) is 0 Å². The summed E-state index contributed by atoms with van der Waals surface area (Å²) in [6.07, 6.45) is -2.08. The molecule has 0 aromatic rings. The third kappa shape index (κ3) is 7120. The summed E-state index contributed by atoms with van der Waals surface area (Å²) in [7, 11) is 0. The van der Waals surface area contributed by atoms with Gasteiger partial charge >= 0.3 is 48.9 Å². The SMILES string of the molecule is O=C([O-])O.[Ba+2].[N-]=[N+]=[N-]. The molecular formula is CHBaN3O3. The van der Waals surface area contributed by atoms with Gasteiger partial charge in [-0.05, 0) is 0 Å². The standard InChI is InChI=1S/CH2O3.Ba.N3/c2-1(3)4;;1-3-2/h(H2,2,3,4);;/q;+2;-1/p-1. The van der Waals surface area contributed by atoms with E-state index in [1.165, 1.54) is 4.91 Å². The van der Waals surface area contributed by atoms with Crippen LogP contribution in [0, 0.1) is 0 Å². The number of carboxylic acid groups (broad SMARTS) is 2. The van der Waals surface area contributed by atoms with Crippen LogP contribution in [0.15, 0.2) is 0 Å². The van der Waals surface area contributed by atoms with Crippen molar-refractivity contribution in [2.75, 3.05) is 0 Å².